The lowest BCUT2D eigenvalue weighted by atomic mass is 9.85. The topological polar surface area (TPSA) is 87.2 Å². The first kappa shape index (κ1) is 21.5. The second-order valence-electron chi connectivity index (χ2n) is 7.68. The van der Waals surface area contributed by atoms with Gasteiger partial charge in [-0.15, -0.1) is 11.3 Å². The molecule has 2 saturated heterocycles. The van der Waals surface area contributed by atoms with Gasteiger partial charge in [0.25, 0.3) is 10.0 Å². The van der Waals surface area contributed by atoms with E-state index in [2.05, 4.69) is 0 Å². The number of ether oxygens (including phenoxy) is 1. The predicted molar refractivity (Wildman–Crippen MR) is 114 cm³/mol. The average Bonchev–Trinajstić information content (AvgIpc) is 3.30. The Morgan fingerprint density at radius 3 is 2.50 bits per heavy atom. The maximum atomic E-state index is 13.3. The van der Waals surface area contributed by atoms with E-state index < -0.39 is 15.9 Å². The smallest absolute Gasteiger partial charge is 0.252 e. The monoisotopic (exact) mass is 450 g/mol. The fourth-order valence-corrected chi connectivity index (χ4v) is 7.05. The summed E-state index contributed by atoms with van der Waals surface area (Å²) in [5.74, 6) is -0.447. The summed E-state index contributed by atoms with van der Waals surface area (Å²) >= 11 is 1.08. The second-order valence-corrected chi connectivity index (χ2v) is 11.0. The van der Waals surface area contributed by atoms with Crippen molar-refractivity contribution < 1.29 is 23.1 Å². The number of thiophene rings is 1. The van der Waals surface area contributed by atoms with Gasteiger partial charge in [0.2, 0.25) is 5.91 Å². The largest absolute Gasteiger partial charge is 0.391 e. The Morgan fingerprint density at radius 2 is 1.83 bits per heavy atom. The zero-order valence-electron chi connectivity index (χ0n) is 16.6. The summed E-state index contributed by atoms with van der Waals surface area (Å²) in [5, 5.41) is 9.32. The van der Waals surface area contributed by atoms with Gasteiger partial charge in [-0.3, -0.25) is 4.79 Å². The van der Waals surface area contributed by atoms with Gasteiger partial charge in [-0.2, -0.15) is 4.31 Å². The number of rotatable bonds is 5. The molecular weight excluding hydrogens is 424 g/mol. The third-order valence-electron chi connectivity index (χ3n) is 5.75. The van der Waals surface area contributed by atoms with Gasteiger partial charge in [-0.05, 0) is 30.0 Å². The van der Waals surface area contributed by atoms with E-state index >= 15 is 0 Å². The summed E-state index contributed by atoms with van der Waals surface area (Å²) in [6.07, 6.45) is 0.624. The van der Waals surface area contributed by atoms with Crippen molar-refractivity contribution in [2.45, 2.75) is 23.2 Å². The Hall–Kier alpha value is -1.78. The van der Waals surface area contributed by atoms with Crippen LogP contribution in [0.15, 0.2) is 46.7 Å². The minimum atomic E-state index is -3.74. The van der Waals surface area contributed by atoms with Gasteiger partial charge in [-0.1, -0.05) is 30.3 Å². The van der Waals surface area contributed by atoms with E-state index in [-0.39, 0.29) is 29.2 Å². The fraction of sp³-hybridized carbons (Fsp3) is 0.476. The first-order chi connectivity index (χ1) is 14.5. The Balaban J connectivity index is 1.62. The molecule has 30 heavy (non-hydrogen) atoms. The van der Waals surface area contributed by atoms with Crippen LogP contribution in [0.1, 0.15) is 22.8 Å². The Morgan fingerprint density at radius 1 is 1.10 bits per heavy atom. The number of hydrogen-bond donors (Lipinski definition) is 1. The highest BCUT2D eigenvalue weighted by Gasteiger charge is 2.40. The Bertz CT molecular complexity index is 970. The molecule has 4 rings (SSSR count). The van der Waals surface area contributed by atoms with Gasteiger partial charge in [-0.25, -0.2) is 8.42 Å². The molecule has 7 nitrogen and oxygen atoms in total. The molecule has 1 aromatic heterocycles. The SMILES string of the molecule is O=C(C1CC(c2ccccc2)CN(S(=O)(=O)c2ccc(CO)s2)C1)N1CCOCC1. The number of hydrogen-bond acceptors (Lipinski definition) is 6. The van der Waals surface area contributed by atoms with Crippen LogP contribution in [0, 0.1) is 5.92 Å². The van der Waals surface area contributed by atoms with Crippen molar-refractivity contribution in [1.82, 2.24) is 9.21 Å². The molecule has 0 saturated carbocycles. The number of amides is 1. The minimum absolute atomic E-state index is 0.00126. The first-order valence-electron chi connectivity index (χ1n) is 10.1. The highest BCUT2D eigenvalue weighted by Crippen LogP contribution is 2.35. The molecule has 0 spiro atoms. The van der Waals surface area contributed by atoms with E-state index in [1.165, 1.54) is 10.4 Å². The standard InChI is InChI=1S/C21H26N2O5S2/c24-15-19-6-7-20(29-19)30(26,27)23-13-17(16-4-2-1-3-5-16)12-18(14-23)21(25)22-8-10-28-11-9-22/h1-7,17-18,24H,8-15H2. The van der Waals surface area contributed by atoms with Crippen LogP contribution in [0.4, 0.5) is 0 Å². The summed E-state index contributed by atoms with van der Waals surface area (Å²) in [5.41, 5.74) is 1.04. The molecule has 2 unspecified atom stereocenters. The lowest BCUT2D eigenvalue weighted by molar-refractivity contribution is -0.141. The molecule has 162 valence electrons. The lowest BCUT2D eigenvalue weighted by Crippen LogP contribution is -2.51. The van der Waals surface area contributed by atoms with E-state index in [1.807, 2.05) is 30.3 Å². The van der Waals surface area contributed by atoms with Crippen molar-refractivity contribution in [2.75, 3.05) is 39.4 Å². The number of piperidine rings is 1. The zero-order valence-corrected chi connectivity index (χ0v) is 18.3. The van der Waals surface area contributed by atoms with Gasteiger partial charge in [0.15, 0.2) is 0 Å². The third-order valence-corrected chi connectivity index (χ3v) is 9.12. The summed E-state index contributed by atoms with van der Waals surface area (Å²) < 4.78 is 33.7. The maximum Gasteiger partial charge on any atom is 0.252 e. The van der Waals surface area contributed by atoms with E-state index in [9.17, 15) is 18.3 Å². The molecular formula is C21H26N2O5S2. The molecule has 1 aromatic carbocycles. The second kappa shape index (κ2) is 9.15. The van der Waals surface area contributed by atoms with Crippen LogP contribution in [0.25, 0.3) is 0 Å². The van der Waals surface area contributed by atoms with Crippen LogP contribution in [0.3, 0.4) is 0 Å². The Kier molecular flexibility index (Phi) is 6.54. The number of carbonyl (C=O) groups excluding carboxylic acids is 1. The van der Waals surface area contributed by atoms with Crippen molar-refractivity contribution in [3.63, 3.8) is 0 Å². The van der Waals surface area contributed by atoms with Crippen molar-refractivity contribution in [3.8, 4) is 0 Å². The molecule has 3 heterocycles. The van der Waals surface area contributed by atoms with Gasteiger partial charge in [0.1, 0.15) is 4.21 Å². The Labute approximate surface area is 180 Å². The third kappa shape index (κ3) is 4.45. The summed E-state index contributed by atoms with van der Waals surface area (Å²) in [7, 11) is -3.74. The number of carbonyl (C=O) groups is 1. The molecule has 2 atom stereocenters. The molecule has 2 aliphatic heterocycles. The first-order valence-corrected chi connectivity index (χ1v) is 12.4. The van der Waals surface area contributed by atoms with Crippen molar-refractivity contribution in [3.05, 3.63) is 52.9 Å². The summed E-state index contributed by atoms with van der Waals surface area (Å²) in [6.45, 7) is 2.44. The molecule has 0 radical (unpaired) electrons. The van der Waals surface area contributed by atoms with Gasteiger partial charge in [0, 0.05) is 31.1 Å². The van der Waals surface area contributed by atoms with Crippen molar-refractivity contribution in [2.24, 2.45) is 5.92 Å². The average molecular weight is 451 g/mol. The molecule has 2 aliphatic rings. The van der Waals surface area contributed by atoms with Gasteiger partial charge >= 0.3 is 0 Å². The zero-order chi connectivity index (χ0) is 21.1. The van der Waals surface area contributed by atoms with E-state index in [0.717, 1.165) is 16.9 Å². The highest BCUT2D eigenvalue weighted by molar-refractivity contribution is 7.91. The van der Waals surface area contributed by atoms with Crippen LogP contribution in [0.5, 0.6) is 0 Å². The maximum absolute atomic E-state index is 13.3. The predicted octanol–water partition coefficient (Wildman–Crippen LogP) is 1.89. The number of aliphatic hydroxyl groups excluding tert-OH is 1. The van der Waals surface area contributed by atoms with E-state index in [1.54, 1.807) is 11.0 Å². The van der Waals surface area contributed by atoms with Crippen LogP contribution in [-0.2, 0) is 26.2 Å². The van der Waals surface area contributed by atoms with Crippen LogP contribution >= 0.6 is 11.3 Å². The molecule has 9 heteroatoms. The molecule has 0 bridgehead atoms. The van der Waals surface area contributed by atoms with Crippen LogP contribution in [-0.4, -0.2) is 68.0 Å². The number of aliphatic hydroxyl groups is 1. The van der Waals surface area contributed by atoms with Crippen LogP contribution < -0.4 is 0 Å². The number of sulfonamides is 1. The fourth-order valence-electron chi connectivity index (χ4n) is 4.15. The molecule has 0 aliphatic carbocycles. The summed E-state index contributed by atoms with van der Waals surface area (Å²) in [4.78, 5) is 15.6. The van der Waals surface area contributed by atoms with Crippen molar-refractivity contribution in [1.29, 1.82) is 0 Å². The van der Waals surface area contributed by atoms with Crippen molar-refractivity contribution >= 4 is 27.3 Å². The summed E-state index contributed by atoms with van der Waals surface area (Å²) in [6, 6.07) is 13.0. The minimum Gasteiger partial charge on any atom is -0.391 e. The highest BCUT2D eigenvalue weighted by atomic mass is 32.2. The number of nitrogens with zero attached hydrogens (tertiary/aromatic N) is 2. The normalized spacial score (nSPS) is 23.4. The molecule has 2 fully saturated rings. The van der Waals surface area contributed by atoms with Gasteiger partial charge < -0.3 is 14.7 Å². The van der Waals surface area contributed by atoms with E-state index in [0.29, 0.717) is 44.1 Å². The number of benzene rings is 1. The molecule has 1 amide bonds. The number of morpholine rings is 1. The van der Waals surface area contributed by atoms with E-state index in [4.69, 9.17) is 4.74 Å². The quantitative estimate of drug-likeness (QED) is 0.752. The molecule has 1 N–H and O–H groups in total. The van der Waals surface area contributed by atoms with Gasteiger partial charge in [0.05, 0.1) is 25.7 Å². The molecule has 2 aromatic rings. The lowest BCUT2D eigenvalue weighted by Gasteiger charge is -2.39. The van der Waals surface area contributed by atoms with Crippen LogP contribution in [0.2, 0.25) is 0 Å².